The monoisotopic (exact) mass is 578 g/mol. The van der Waals surface area contributed by atoms with Gasteiger partial charge in [0.1, 0.15) is 0 Å². The highest BCUT2D eigenvalue weighted by Gasteiger charge is 2.40. The molecule has 0 aromatic heterocycles. The van der Waals surface area contributed by atoms with E-state index in [-0.39, 0.29) is 11.9 Å². The van der Waals surface area contributed by atoms with Crippen molar-refractivity contribution in [2.24, 2.45) is 5.92 Å². The number of ether oxygens (including phenoxy) is 2. The van der Waals surface area contributed by atoms with Crippen LogP contribution in [0.3, 0.4) is 0 Å². The summed E-state index contributed by atoms with van der Waals surface area (Å²) in [5, 5.41) is 0. The van der Waals surface area contributed by atoms with Gasteiger partial charge in [-0.05, 0) is 58.5 Å². The van der Waals surface area contributed by atoms with E-state index in [0.29, 0.717) is 0 Å². The molecule has 1 rings (SSSR count). The van der Waals surface area contributed by atoms with Gasteiger partial charge in [-0.25, -0.2) is 0 Å². The molecule has 1 saturated heterocycles. The molecule has 0 amide bonds. The van der Waals surface area contributed by atoms with Crippen LogP contribution in [0.4, 0.5) is 0 Å². The molecular formula is C38H75NO2. The molecule has 3 unspecified atom stereocenters. The molecule has 244 valence electrons. The predicted molar refractivity (Wildman–Crippen MR) is 182 cm³/mol. The lowest BCUT2D eigenvalue weighted by molar-refractivity contribution is -0.180. The van der Waals surface area contributed by atoms with Crippen LogP contribution in [0, 0.1) is 5.92 Å². The number of unbranched alkanes of at least 4 members (excludes halogenated alkanes) is 18. The summed E-state index contributed by atoms with van der Waals surface area (Å²) >= 11 is 0. The number of hydrogen-bond donors (Lipinski definition) is 0. The molecule has 1 aliphatic heterocycles. The third kappa shape index (κ3) is 22.8. The maximum atomic E-state index is 6.66. The van der Waals surface area contributed by atoms with Crippen LogP contribution in [0.1, 0.15) is 188 Å². The molecule has 3 heteroatoms. The van der Waals surface area contributed by atoms with Crippen LogP contribution in [0.2, 0.25) is 0 Å². The van der Waals surface area contributed by atoms with Crippen LogP contribution >= 0.6 is 0 Å². The Morgan fingerprint density at radius 3 is 1.76 bits per heavy atom. The van der Waals surface area contributed by atoms with Crippen LogP contribution in [0.25, 0.3) is 0 Å². The van der Waals surface area contributed by atoms with Crippen molar-refractivity contribution in [2.75, 3.05) is 27.2 Å². The Kier molecular flexibility index (Phi) is 25.6. The van der Waals surface area contributed by atoms with Crippen LogP contribution < -0.4 is 0 Å². The molecule has 0 aromatic rings. The molecule has 0 radical (unpaired) electrons. The Hall–Kier alpha value is -0.380. The molecule has 1 fully saturated rings. The molecule has 0 spiro atoms. The minimum atomic E-state index is -0.297. The van der Waals surface area contributed by atoms with E-state index in [4.69, 9.17) is 9.47 Å². The fraction of sp³-hybridized carbons (Fsp3) is 0.947. The van der Waals surface area contributed by atoms with Crippen molar-refractivity contribution in [2.45, 2.75) is 200 Å². The van der Waals surface area contributed by atoms with Crippen LogP contribution in [-0.4, -0.2) is 44.0 Å². The van der Waals surface area contributed by atoms with Crippen molar-refractivity contribution in [3.63, 3.8) is 0 Å². The second-order valence-corrected chi connectivity index (χ2v) is 13.8. The number of nitrogens with zero attached hydrogens (tertiary/aromatic N) is 1. The predicted octanol–water partition coefficient (Wildman–Crippen LogP) is 12.0. The molecule has 0 saturated carbocycles. The van der Waals surface area contributed by atoms with Crippen molar-refractivity contribution in [1.82, 2.24) is 4.90 Å². The van der Waals surface area contributed by atoms with E-state index in [1.165, 1.54) is 148 Å². The van der Waals surface area contributed by atoms with Crippen molar-refractivity contribution in [3.8, 4) is 0 Å². The van der Waals surface area contributed by atoms with Gasteiger partial charge < -0.3 is 14.4 Å². The van der Waals surface area contributed by atoms with Gasteiger partial charge in [-0.1, -0.05) is 148 Å². The van der Waals surface area contributed by atoms with Gasteiger partial charge in [0.25, 0.3) is 0 Å². The lowest BCUT2D eigenvalue weighted by atomic mass is 9.98. The van der Waals surface area contributed by atoms with E-state index < -0.39 is 0 Å². The van der Waals surface area contributed by atoms with E-state index in [1.807, 2.05) is 0 Å². The van der Waals surface area contributed by atoms with Gasteiger partial charge in [0, 0.05) is 19.4 Å². The summed E-state index contributed by atoms with van der Waals surface area (Å²) in [5.41, 5.74) is 0. The number of hydrogen-bond acceptors (Lipinski definition) is 3. The van der Waals surface area contributed by atoms with Crippen molar-refractivity contribution in [1.29, 1.82) is 0 Å². The normalized spacial score (nSPS) is 20.1. The molecule has 3 nitrogen and oxygen atoms in total. The highest BCUT2D eigenvalue weighted by molar-refractivity contribution is 4.83. The fourth-order valence-electron chi connectivity index (χ4n) is 6.28. The summed E-state index contributed by atoms with van der Waals surface area (Å²) in [7, 11) is 4.31. The average molecular weight is 578 g/mol. The maximum absolute atomic E-state index is 6.66. The zero-order chi connectivity index (χ0) is 29.9. The fourth-order valence-corrected chi connectivity index (χ4v) is 6.28. The van der Waals surface area contributed by atoms with E-state index in [0.717, 1.165) is 38.3 Å². The molecule has 0 N–H and O–H groups in total. The topological polar surface area (TPSA) is 21.7 Å². The second kappa shape index (κ2) is 27.2. The van der Waals surface area contributed by atoms with Crippen LogP contribution in [0.15, 0.2) is 12.2 Å². The Bertz CT molecular complexity index is 577. The first kappa shape index (κ1) is 38.6. The van der Waals surface area contributed by atoms with Crippen LogP contribution in [0.5, 0.6) is 0 Å². The zero-order valence-electron chi connectivity index (χ0n) is 28.9. The molecule has 1 heterocycles. The number of allylic oxidation sites excluding steroid dienone is 2. The van der Waals surface area contributed by atoms with E-state index >= 15 is 0 Å². The molecule has 41 heavy (non-hydrogen) atoms. The van der Waals surface area contributed by atoms with Crippen molar-refractivity contribution in [3.05, 3.63) is 12.2 Å². The summed E-state index contributed by atoms with van der Waals surface area (Å²) in [6, 6.07) is 0. The quantitative estimate of drug-likeness (QED) is 0.0626. The van der Waals surface area contributed by atoms with Crippen molar-refractivity contribution >= 4 is 0 Å². The first-order chi connectivity index (χ1) is 20.0. The van der Waals surface area contributed by atoms with Gasteiger partial charge >= 0.3 is 0 Å². The summed E-state index contributed by atoms with van der Waals surface area (Å²) in [4.78, 5) is 2.26. The minimum Gasteiger partial charge on any atom is -0.347 e. The highest BCUT2D eigenvalue weighted by Crippen LogP contribution is 2.35. The summed E-state index contributed by atoms with van der Waals surface area (Å²) in [6.07, 6.45) is 39.8. The average Bonchev–Trinajstić information content (AvgIpc) is 3.37. The molecule has 1 aliphatic rings. The Labute approximate surface area is 259 Å². The Morgan fingerprint density at radius 1 is 0.683 bits per heavy atom. The SMILES string of the molecule is CCCCCCCCCCCCC1(CCCCCCCC/C=C\CC(C)CCCCCC)OCC(CCN(C)C)O1. The Balaban J connectivity index is 2.17. The number of rotatable bonds is 30. The Morgan fingerprint density at radius 2 is 1.20 bits per heavy atom. The molecule has 0 aromatic carbocycles. The van der Waals surface area contributed by atoms with Gasteiger partial charge in [-0.2, -0.15) is 0 Å². The van der Waals surface area contributed by atoms with Gasteiger partial charge in [0.05, 0.1) is 12.7 Å². The third-order valence-electron chi connectivity index (χ3n) is 9.16. The van der Waals surface area contributed by atoms with Gasteiger partial charge in [-0.3, -0.25) is 0 Å². The molecule has 3 atom stereocenters. The first-order valence-electron chi connectivity index (χ1n) is 18.6. The zero-order valence-corrected chi connectivity index (χ0v) is 28.9. The largest absolute Gasteiger partial charge is 0.347 e. The second-order valence-electron chi connectivity index (χ2n) is 13.8. The van der Waals surface area contributed by atoms with Crippen molar-refractivity contribution < 1.29 is 9.47 Å². The maximum Gasteiger partial charge on any atom is 0.168 e. The summed E-state index contributed by atoms with van der Waals surface area (Å²) in [5.74, 6) is 0.558. The van der Waals surface area contributed by atoms with Crippen LogP contribution in [-0.2, 0) is 9.47 Å². The summed E-state index contributed by atoms with van der Waals surface area (Å²) < 4.78 is 13.1. The smallest absolute Gasteiger partial charge is 0.168 e. The minimum absolute atomic E-state index is 0.276. The van der Waals surface area contributed by atoms with Gasteiger partial charge in [0.15, 0.2) is 5.79 Å². The highest BCUT2D eigenvalue weighted by atomic mass is 16.7. The van der Waals surface area contributed by atoms with Gasteiger partial charge in [-0.15, -0.1) is 0 Å². The van der Waals surface area contributed by atoms with Gasteiger partial charge in [0.2, 0.25) is 0 Å². The lowest BCUT2D eigenvalue weighted by Gasteiger charge is -2.29. The first-order valence-corrected chi connectivity index (χ1v) is 18.6. The molecular weight excluding hydrogens is 502 g/mol. The lowest BCUT2D eigenvalue weighted by Crippen LogP contribution is -2.31. The third-order valence-corrected chi connectivity index (χ3v) is 9.16. The standard InChI is InChI=1S/C38H75NO2/c1-6-8-10-12-13-14-17-20-23-27-32-38(40-35-37(41-38)31-34-39(4)5)33-28-24-21-18-15-16-19-22-26-30-36(3)29-25-11-9-7-2/h22,26,36-37H,6-21,23-25,27-35H2,1-5H3/b26-22-. The van der Waals surface area contributed by atoms with E-state index in [1.54, 1.807) is 0 Å². The van der Waals surface area contributed by atoms with E-state index in [2.05, 4.69) is 51.9 Å². The molecule has 0 bridgehead atoms. The summed E-state index contributed by atoms with van der Waals surface area (Å²) in [6.45, 7) is 8.88. The molecule has 0 aliphatic carbocycles. The van der Waals surface area contributed by atoms with E-state index in [9.17, 15) is 0 Å².